The van der Waals surface area contributed by atoms with Gasteiger partial charge in [-0.3, -0.25) is 9.80 Å². The van der Waals surface area contributed by atoms with Crippen LogP contribution in [-0.2, 0) is 12.8 Å². The summed E-state index contributed by atoms with van der Waals surface area (Å²) in [7, 11) is 0. The van der Waals surface area contributed by atoms with E-state index >= 15 is 0 Å². The molecular formula is C16H29N5S. The molecule has 0 unspecified atom stereocenters. The summed E-state index contributed by atoms with van der Waals surface area (Å²) in [6, 6.07) is 0.676. The van der Waals surface area contributed by atoms with Crippen LogP contribution in [0.5, 0.6) is 0 Å². The second kappa shape index (κ2) is 7.73. The lowest BCUT2D eigenvalue weighted by molar-refractivity contribution is 0.142. The summed E-state index contributed by atoms with van der Waals surface area (Å²) in [5, 5.41) is 4.18. The number of aromatic nitrogens is 1. The van der Waals surface area contributed by atoms with E-state index in [9.17, 15) is 0 Å². The lowest BCUT2D eigenvalue weighted by atomic mass is 9.96. The molecule has 22 heavy (non-hydrogen) atoms. The van der Waals surface area contributed by atoms with E-state index in [4.69, 9.17) is 5.73 Å². The molecule has 0 saturated carbocycles. The number of piperazine rings is 1. The quantitative estimate of drug-likeness (QED) is 0.824. The number of hydrogen-bond donors (Lipinski definition) is 2. The number of thiazole rings is 1. The van der Waals surface area contributed by atoms with Gasteiger partial charge in [0.2, 0.25) is 0 Å². The fraction of sp³-hybridized carbons (Fsp3) is 0.812. The van der Waals surface area contributed by atoms with Gasteiger partial charge in [0, 0.05) is 50.2 Å². The van der Waals surface area contributed by atoms with Crippen molar-refractivity contribution in [2.45, 2.75) is 38.6 Å². The van der Waals surface area contributed by atoms with E-state index < -0.39 is 0 Å². The van der Waals surface area contributed by atoms with Gasteiger partial charge in [-0.15, -0.1) is 11.3 Å². The van der Waals surface area contributed by atoms with Crippen LogP contribution < -0.4 is 11.1 Å². The third kappa shape index (κ3) is 3.98. The van der Waals surface area contributed by atoms with Gasteiger partial charge in [-0.1, -0.05) is 6.92 Å². The number of aryl methyl sites for hydroxylation is 1. The Balaban J connectivity index is 1.56. The minimum absolute atomic E-state index is 0.676. The highest BCUT2D eigenvalue weighted by Gasteiger charge is 2.26. The number of nitrogens with zero attached hydrogens (tertiary/aromatic N) is 3. The van der Waals surface area contributed by atoms with Crippen molar-refractivity contribution in [2.24, 2.45) is 0 Å². The van der Waals surface area contributed by atoms with E-state index in [1.54, 1.807) is 11.3 Å². The summed E-state index contributed by atoms with van der Waals surface area (Å²) in [5.41, 5.74) is 7.14. The molecule has 2 aliphatic rings. The predicted octanol–water partition coefficient (Wildman–Crippen LogP) is 1.20. The van der Waals surface area contributed by atoms with Crippen LogP contribution in [0.2, 0.25) is 0 Å². The third-order valence-corrected chi connectivity index (χ3v) is 5.82. The van der Waals surface area contributed by atoms with E-state index in [1.165, 1.54) is 56.1 Å². The molecule has 0 spiro atoms. The standard InChI is InChI=1S/C16H29N5S/c1-2-7-21(11-10-20-8-5-18-6-9-20)13-3-4-14-15(12-13)22-16(17)19-14/h13,18H,2-12H2,1H3,(H2,17,19)/t13-/m1/s1. The zero-order chi connectivity index (χ0) is 15.4. The molecule has 1 fully saturated rings. The molecule has 124 valence electrons. The Hall–Kier alpha value is -0.690. The maximum absolute atomic E-state index is 5.88. The topological polar surface area (TPSA) is 57.4 Å². The van der Waals surface area contributed by atoms with Gasteiger partial charge in [0.05, 0.1) is 5.69 Å². The Labute approximate surface area is 137 Å². The van der Waals surface area contributed by atoms with Crippen LogP contribution in [0.15, 0.2) is 0 Å². The monoisotopic (exact) mass is 323 g/mol. The molecule has 1 aliphatic heterocycles. The van der Waals surface area contributed by atoms with Crippen LogP contribution >= 0.6 is 11.3 Å². The van der Waals surface area contributed by atoms with Gasteiger partial charge in [0.1, 0.15) is 0 Å². The zero-order valence-electron chi connectivity index (χ0n) is 13.7. The highest BCUT2D eigenvalue weighted by molar-refractivity contribution is 7.15. The molecule has 1 saturated heterocycles. The Bertz CT molecular complexity index is 469. The number of nitrogens with two attached hydrogens (primary N) is 1. The average Bonchev–Trinajstić information content (AvgIpc) is 2.91. The van der Waals surface area contributed by atoms with Crippen LogP contribution in [0, 0.1) is 0 Å². The van der Waals surface area contributed by atoms with Gasteiger partial charge in [-0.2, -0.15) is 0 Å². The van der Waals surface area contributed by atoms with Crippen LogP contribution in [0.4, 0.5) is 5.13 Å². The maximum atomic E-state index is 5.88. The molecule has 1 aromatic rings. The largest absolute Gasteiger partial charge is 0.375 e. The van der Waals surface area contributed by atoms with Crippen molar-refractivity contribution < 1.29 is 0 Å². The highest BCUT2D eigenvalue weighted by atomic mass is 32.1. The molecule has 3 N–H and O–H groups in total. The molecule has 2 heterocycles. The lowest BCUT2D eigenvalue weighted by Crippen LogP contribution is -2.48. The lowest BCUT2D eigenvalue weighted by Gasteiger charge is -2.36. The zero-order valence-corrected chi connectivity index (χ0v) is 14.5. The first-order valence-corrected chi connectivity index (χ1v) is 9.49. The number of hydrogen-bond acceptors (Lipinski definition) is 6. The molecule has 1 aromatic heterocycles. The van der Waals surface area contributed by atoms with Crippen LogP contribution in [-0.4, -0.2) is 66.6 Å². The van der Waals surface area contributed by atoms with Crippen LogP contribution in [0.1, 0.15) is 30.3 Å². The Kier molecular flexibility index (Phi) is 5.68. The first-order chi connectivity index (χ1) is 10.8. The van der Waals surface area contributed by atoms with E-state index in [0.29, 0.717) is 6.04 Å². The Morgan fingerprint density at radius 1 is 1.36 bits per heavy atom. The van der Waals surface area contributed by atoms with Crippen molar-refractivity contribution in [3.63, 3.8) is 0 Å². The summed E-state index contributed by atoms with van der Waals surface area (Å²) in [6.45, 7) is 10.6. The molecule has 6 heteroatoms. The minimum atomic E-state index is 0.676. The van der Waals surface area contributed by atoms with Gasteiger partial charge >= 0.3 is 0 Å². The number of nitrogen functional groups attached to an aromatic ring is 1. The number of nitrogens with one attached hydrogen (secondary N) is 1. The van der Waals surface area contributed by atoms with Crippen molar-refractivity contribution in [1.29, 1.82) is 0 Å². The summed E-state index contributed by atoms with van der Waals surface area (Å²) < 4.78 is 0. The van der Waals surface area contributed by atoms with Crippen molar-refractivity contribution in [2.75, 3.05) is 51.5 Å². The van der Waals surface area contributed by atoms with E-state index in [2.05, 4.69) is 27.0 Å². The molecule has 0 amide bonds. The molecule has 0 radical (unpaired) electrons. The summed E-state index contributed by atoms with van der Waals surface area (Å²) in [6.07, 6.45) is 4.71. The van der Waals surface area contributed by atoms with Crippen molar-refractivity contribution >= 4 is 16.5 Å². The first kappa shape index (κ1) is 16.2. The van der Waals surface area contributed by atoms with Crippen LogP contribution in [0.25, 0.3) is 0 Å². The summed E-state index contributed by atoms with van der Waals surface area (Å²) >= 11 is 1.70. The fourth-order valence-electron chi connectivity index (χ4n) is 3.66. The number of anilines is 1. The molecule has 1 aliphatic carbocycles. The van der Waals surface area contributed by atoms with Gasteiger partial charge in [-0.25, -0.2) is 4.98 Å². The second-order valence-corrected chi connectivity index (χ2v) is 7.56. The van der Waals surface area contributed by atoms with Crippen molar-refractivity contribution in [3.05, 3.63) is 10.6 Å². The molecule has 3 rings (SSSR count). The maximum Gasteiger partial charge on any atom is 0.180 e. The minimum Gasteiger partial charge on any atom is -0.375 e. The summed E-state index contributed by atoms with van der Waals surface area (Å²) in [5.74, 6) is 0. The molecular weight excluding hydrogens is 294 g/mol. The van der Waals surface area contributed by atoms with Gasteiger partial charge < -0.3 is 11.1 Å². The molecule has 0 aromatic carbocycles. The van der Waals surface area contributed by atoms with Gasteiger partial charge in [-0.05, 0) is 32.2 Å². The highest BCUT2D eigenvalue weighted by Crippen LogP contribution is 2.30. The molecule has 0 bridgehead atoms. The fourth-order valence-corrected chi connectivity index (χ4v) is 4.61. The second-order valence-electron chi connectivity index (χ2n) is 6.45. The average molecular weight is 324 g/mol. The molecule has 5 nitrogen and oxygen atoms in total. The number of fused-ring (bicyclic) bond motifs is 1. The first-order valence-electron chi connectivity index (χ1n) is 8.67. The van der Waals surface area contributed by atoms with Crippen LogP contribution in [0.3, 0.4) is 0 Å². The normalized spacial score (nSPS) is 22.9. The van der Waals surface area contributed by atoms with Gasteiger partial charge in [0.25, 0.3) is 0 Å². The van der Waals surface area contributed by atoms with Gasteiger partial charge in [0.15, 0.2) is 5.13 Å². The predicted molar refractivity (Wildman–Crippen MR) is 93.5 cm³/mol. The number of rotatable bonds is 6. The summed E-state index contributed by atoms with van der Waals surface area (Å²) in [4.78, 5) is 11.2. The smallest absolute Gasteiger partial charge is 0.180 e. The Morgan fingerprint density at radius 3 is 2.95 bits per heavy atom. The van der Waals surface area contributed by atoms with E-state index in [0.717, 1.165) is 31.1 Å². The van der Waals surface area contributed by atoms with Crippen molar-refractivity contribution in [3.8, 4) is 0 Å². The Morgan fingerprint density at radius 2 is 2.18 bits per heavy atom. The third-order valence-electron chi connectivity index (χ3n) is 4.87. The van der Waals surface area contributed by atoms with E-state index in [-0.39, 0.29) is 0 Å². The van der Waals surface area contributed by atoms with E-state index in [1.807, 2.05) is 0 Å². The van der Waals surface area contributed by atoms with Crippen molar-refractivity contribution in [1.82, 2.24) is 20.1 Å². The molecule has 1 atom stereocenters. The SMILES string of the molecule is CCCN(CCN1CCNCC1)[C@@H]1CCc2nc(N)sc2C1.